The van der Waals surface area contributed by atoms with Crippen LogP contribution in [0, 0.1) is 0 Å². The summed E-state index contributed by atoms with van der Waals surface area (Å²) in [6, 6.07) is 10.0. The largest absolute Gasteiger partial charge is 0.461 e. The number of allylic oxidation sites excluding steroid dienone is 1. The third kappa shape index (κ3) is 17.6. The van der Waals surface area contributed by atoms with Crippen molar-refractivity contribution in [2.75, 3.05) is 19.8 Å². The molecule has 0 amide bonds. The highest BCUT2D eigenvalue weighted by atomic mass is 16.5. The highest BCUT2D eigenvalue weighted by molar-refractivity contribution is 5.87. The maximum Gasteiger partial charge on any atom is 0.333 e. The number of nitrogens with two attached hydrogens (primary N) is 1. The Morgan fingerprint density at radius 2 is 1.64 bits per heavy atom. The fourth-order valence-electron chi connectivity index (χ4n) is 1.42. The van der Waals surface area contributed by atoms with Crippen molar-refractivity contribution in [1.82, 2.24) is 0 Å². The number of rotatable bonds is 10. The predicted octanol–water partition coefficient (Wildman–Crippen LogP) is 4.24. The highest BCUT2D eigenvalue weighted by Gasteiger charge is 2.05. The molecule has 5 nitrogen and oxygen atoms in total. The van der Waals surface area contributed by atoms with Gasteiger partial charge in [0.2, 0.25) is 0 Å². The van der Waals surface area contributed by atoms with Crippen LogP contribution < -0.4 is 5.73 Å². The Morgan fingerprint density at radius 1 is 1.00 bits per heavy atom. The second-order valence-electron chi connectivity index (χ2n) is 5.09. The van der Waals surface area contributed by atoms with Crippen molar-refractivity contribution in [2.45, 2.75) is 12.8 Å². The number of esters is 2. The fraction of sp³-hybridized carbons (Fsp3) is 0.217. The van der Waals surface area contributed by atoms with Crippen LogP contribution >= 0.6 is 0 Å². The van der Waals surface area contributed by atoms with Crippen LogP contribution in [0.5, 0.6) is 0 Å². The maximum absolute atomic E-state index is 11.0. The molecule has 0 aromatic heterocycles. The van der Waals surface area contributed by atoms with E-state index < -0.39 is 5.97 Å². The summed E-state index contributed by atoms with van der Waals surface area (Å²) in [4.78, 5) is 21.2. The van der Waals surface area contributed by atoms with E-state index in [9.17, 15) is 9.59 Å². The molecule has 0 aliphatic rings. The molecular formula is C23H31NO4. The summed E-state index contributed by atoms with van der Waals surface area (Å²) in [7, 11) is 0. The number of carbonyl (C=O) groups excluding carboxylic acids is 2. The maximum atomic E-state index is 11.0. The van der Waals surface area contributed by atoms with Gasteiger partial charge in [0.15, 0.2) is 0 Å². The van der Waals surface area contributed by atoms with Gasteiger partial charge in [0.1, 0.15) is 13.2 Å². The molecule has 0 atom stereocenters. The van der Waals surface area contributed by atoms with E-state index in [4.69, 9.17) is 10.5 Å². The standard InChI is InChI=1S/C9H15NO2.C8H8.C6H8O2/c1-3-4-5-8(2)9(11)12-7-6-10;1-2-8-6-4-3-5-7-8;1-3-5-8-6(7)4-2/h3H,1-2,4-7,10H2;2-7H,1H2;3-4H,1-2,5H2. The van der Waals surface area contributed by atoms with Crippen LogP contribution in [-0.4, -0.2) is 31.7 Å². The number of benzene rings is 1. The quantitative estimate of drug-likeness (QED) is 0.370. The minimum absolute atomic E-state index is 0.255. The number of hydrogen-bond acceptors (Lipinski definition) is 5. The van der Waals surface area contributed by atoms with Gasteiger partial charge in [-0.05, 0) is 18.4 Å². The number of hydrogen-bond donors (Lipinski definition) is 1. The van der Waals surface area contributed by atoms with Crippen molar-refractivity contribution in [1.29, 1.82) is 0 Å². The summed E-state index contributed by atoms with van der Waals surface area (Å²) < 4.78 is 9.22. The molecule has 0 unspecified atom stereocenters. The van der Waals surface area contributed by atoms with Crippen molar-refractivity contribution < 1.29 is 19.1 Å². The molecule has 0 bridgehead atoms. The van der Waals surface area contributed by atoms with E-state index in [0.29, 0.717) is 18.5 Å². The zero-order chi connectivity index (χ0) is 21.6. The summed E-state index contributed by atoms with van der Waals surface area (Å²) in [6.07, 6.45) is 7.54. The SMILES string of the molecule is C=CCCC(=C)C(=O)OCCN.C=CCOC(=O)C=C.C=Cc1ccccc1. The van der Waals surface area contributed by atoms with Crippen LogP contribution in [0.25, 0.3) is 6.08 Å². The Balaban J connectivity index is 0. The molecule has 0 saturated carbocycles. The Kier molecular flexibility index (Phi) is 19.4. The molecule has 1 aromatic rings. The highest BCUT2D eigenvalue weighted by Crippen LogP contribution is 2.04. The molecule has 28 heavy (non-hydrogen) atoms. The van der Waals surface area contributed by atoms with Crippen LogP contribution in [0.2, 0.25) is 0 Å². The lowest BCUT2D eigenvalue weighted by Crippen LogP contribution is -2.14. The molecule has 0 fully saturated rings. The van der Waals surface area contributed by atoms with Gasteiger partial charge in [-0.15, -0.1) is 6.58 Å². The van der Waals surface area contributed by atoms with Crippen LogP contribution in [0.4, 0.5) is 0 Å². The van der Waals surface area contributed by atoms with E-state index in [1.54, 1.807) is 6.08 Å². The molecule has 0 aliphatic heterocycles. The third-order valence-corrected chi connectivity index (χ3v) is 2.84. The van der Waals surface area contributed by atoms with E-state index in [-0.39, 0.29) is 19.2 Å². The second kappa shape index (κ2) is 20.1. The van der Waals surface area contributed by atoms with E-state index in [2.05, 4.69) is 37.6 Å². The fourth-order valence-corrected chi connectivity index (χ4v) is 1.42. The van der Waals surface area contributed by atoms with Crippen LogP contribution in [0.1, 0.15) is 18.4 Å². The first kappa shape index (κ1) is 27.0. The predicted molar refractivity (Wildman–Crippen MR) is 116 cm³/mol. The van der Waals surface area contributed by atoms with Gasteiger partial charge in [0.25, 0.3) is 0 Å². The first-order chi connectivity index (χ1) is 13.5. The van der Waals surface area contributed by atoms with Crippen molar-refractivity contribution in [2.24, 2.45) is 5.73 Å². The molecule has 2 N–H and O–H groups in total. The van der Waals surface area contributed by atoms with Crippen molar-refractivity contribution in [3.05, 3.63) is 92.6 Å². The average Bonchev–Trinajstić information content (AvgIpc) is 2.75. The normalized spacial score (nSPS) is 8.46. The summed E-state index contributed by atoms with van der Waals surface area (Å²) in [5, 5.41) is 0. The monoisotopic (exact) mass is 385 g/mol. The lowest BCUT2D eigenvalue weighted by atomic mass is 10.2. The minimum atomic E-state index is -0.412. The third-order valence-electron chi connectivity index (χ3n) is 2.84. The van der Waals surface area contributed by atoms with Crippen LogP contribution in [0.3, 0.4) is 0 Å². The lowest BCUT2D eigenvalue weighted by Gasteiger charge is -2.03. The van der Waals surface area contributed by atoms with Gasteiger partial charge in [-0.25, -0.2) is 9.59 Å². The van der Waals surface area contributed by atoms with Crippen molar-refractivity contribution >= 4 is 18.0 Å². The van der Waals surface area contributed by atoms with Gasteiger partial charge in [-0.1, -0.05) is 74.9 Å². The van der Waals surface area contributed by atoms with Gasteiger partial charge in [0.05, 0.1) is 0 Å². The zero-order valence-corrected chi connectivity index (χ0v) is 16.5. The minimum Gasteiger partial charge on any atom is -0.461 e. The average molecular weight is 386 g/mol. The molecule has 0 aliphatic carbocycles. The van der Waals surface area contributed by atoms with E-state index >= 15 is 0 Å². The van der Waals surface area contributed by atoms with Gasteiger partial charge in [0, 0.05) is 18.2 Å². The lowest BCUT2D eigenvalue weighted by molar-refractivity contribution is -0.139. The van der Waals surface area contributed by atoms with Crippen molar-refractivity contribution in [3.8, 4) is 0 Å². The van der Waals surface area contributed by atoms with Crippen LogP contribution in [0.15, 0.2) is 87.0 Å². The molecule has 0 heterocycles. The number of carbonyl (C=O) groups is 2. The summed E-state index contributed by atoms with van der Waals surface area (Å²) in [5.74, 6) is -0.771. The molecule has 0 saturated heterocycles. The second-order valence-corrected chi connectivity index (χ2v) is 5.09. The van der Waals surface area contributed by atoms with Crippen molar-refractivity contribution in [3.63, 3.8) is 0 Å². The molecule has 5 heteroatoms. The molecule has 0 radical (unpaired) electrons. The first-order valence-corrected chi connectivity index (χ1v) is 8.70. The van der Waals surface area contributed by atoms with E-state index in [0.717, 1.165) is 12.5 Å². The summed E-state index contributed by atoms with van der Waals surface area (Å²) in [6.45, 7) is 18.2. The van der Waals surface area contributed by atoms with Crippen LogP contribution in [-0.2, 0) is 19.1 Å². The molecular weight excluding hydrogens is 354 g/mol. The Labute approximate surface area is 168 Å². The zero-order valence-electron chi connectivity index (χ0n) is 16.5. The molecule has 1 aromatic carbocycles. The topological polar surface area (TPSA) is 78.6 Å². The summed E-state index contributed by atoms with van der Waals surface area (Å²) >= 11 is 0. The first-order valence-electron chi connectivity index (χ1n) is 8.70. The molecule has 152 valence electrons. The van der Waals surface area contributed by atoms with Gasteiger partial charge in [-0.3, -0.25) is 0 Å². The smallest absolute Gasteiger partial charge is 0.333 e. The molecule has 1 rings (SSSR count). The molecule has 0 spiro atoms. The van der Waals surface area contributed by atoms with Gasteiger partial charge < -0.3 is 15.2 Å². The van der Waals surface area contributed by atoms with E-state index in [1.807, 2.05) is 36.4 Å². The summed E-state index contributed by atoms with van der Waals surface area (Å²) in [5.41, 5.74) is 6.80. The number of ether oxygens (including phenoxy) is 2. The van der Waals surface area contributed by atoms with Gasteiger partial charge in [-0.2, -0.15) is 0 Å². The van der Waals surface area contributed by atoms with Gasteiger partial charge >= 0.3 is 11.9 Å². The van der Waals surface area contributed by atoms with E-state index in [1.165, 1.54) is 11.6 Å². The Morgan fingerprint density at radius 3 is 2.07 bits per heavy atom. The Bertz CT molecular complexity index is 621. The Hall–Kier alpha value is -3.18.